The second-order valence-corrected chi connectivity index (χ2v) is 5.80. The van der Waals surface area contributed by atoms with Gasteiger partial charge in [-0.3, -0.25) is 4.79 Å². The van der Waals surface area contributed by atoms with Gasteiger partial charge in [0.2, 0.25) is 0 Å². The highest BCUT2D eigenvalue weighted by Gasteiger charge is 2.25. The minimum Gasteiger partial charge on any atom is -0.481 e. The number of ether oxygens (including phenoxy) is 1. The van der Waals surface area contributed by atoms with Crippen molar-refractivity contribution in [1.29, 1.82) is 0 Å². The highest BCUT2D eigenvalue weighted by molar-refractivity contribution is 5.74. The largest absolute Gasteiger partial charge is 0.481 e. The van der Waals surface area contributed by atoms with Crippen molar-refractivity contribution in [2.75, 3.05) is 32.8 Å². The topological polar surface area (TPSA) is 78.9 Å². The SMILES string of the molecule is O=C(O)CC1CCCN(C(=O)NCCC2CCOC2)C1. The van der Waals surface area contributed by atoms with Crippen LogP contribution in [0.1, 0.15) is 32.1 Å². The van der Waals surface area contributed by atoms with Crippen molar-refractivity contribution in [3.8, 4) is 0 Å². The first-order valence-electron chi connectivity index (χ1n) is 7.47. The predicted octanol–water partition coefficient (Wildman–Crippen LogP) is 1.31. The van der Waals surface area contributed by atoms with Gasteiger partial charge in [0.1, 0.15) is 0 Å². The van der Waals surface area contributed by atoms with Gasteiger partial charge in [0, 0.05) is 39.3 Å². The number of likely N-dealkylation sites (tertiary alicyclic amines) is 1. The van der Waals surface area contributed by atoms with Gasteiger partial charge < -0.3 is 20.1 Å². The third-order valence-electron chi connectivity index (χ3n) is 4.12. The maximum atomic E-state index is 12.0. The predicted molar refractivity (Wildman–Crippen MR) is 73.5 cm³/mol. The minimum atomic E-state index is -0.779. The van der Waals surface area contributed by atoms with Gasteiger partial charge in [-0.05, 0) is 37.5 Å². The maximum absolute atomic E-state index is 12.0. The molecule has 114 valence electrons. The van der Waals surface area contributed by atoms with Gasteiger partial charge in [0.05, 0.1) is 0 Å². The lowest BCUT2D eigenvalue weighted by molar-refractivity contribution is -0.138. The fourth-order valence-electron chi connectivity index (χ4n) is 2.97. The molecule has 2 aliphatic heterocycles. The fraction of sp³-hybridized carbons (Fsp3) is 0.857. The van der Waals surface area contributed by atoms with E-state index in [2.05, 4.69) is 5.32 Å². The number of carbonyl (C=O) groups excluding carboxylic acids is 1. The summed E-state index contributed by atoms with van der Waals surface area (Å²) < 4.78 is 5.30. The molecule has 0 aromatic heterocycles. The van der Waals surface area contributed by atoms with Crippen molar-refractivity contribution >= 4 is 12.0 Å². The smallest absolute Gasteiger partial charge is 0.317 e. The lowest BCUT2D eigenvalue weighted by Crippen LogP contribution is -2.46. The van der Waals surface area contributed by atoms with Crippen molar-refractivity contribution in [2.45, 2.75) is 32.1 Å². The summed E-state index contributed by atoms with van der Waals surface area (Å²) in [6.45, 7) is 3.61. The molecule has 0 bridgehead atoms. The van der Waals surface area contributed by atoms with Gasteiger partial charge in [-0.25, -0.2) is 4.79 Å². The molecular weight excluding hydrogens is 260 g/mol. The molecule has 0 radical (unpaired) electrons. The number of nitrogens with one attached hydrogen (secondary N) is 1. The van der Waals surface area contributed by atoms with Crippen LogP contribution in [-0.4, -0.2) is 54.9 Å². The molecule has 2 unspecified atom stereocenters. The number of rotatable bonds is 5. The Kier molecular flexibility index (Phi) is 5.64. The standard InChI is InChI=1S/C14H24N2O4/c17-13(18)8-12-2-1-6-16(9-12)14(19)15-5-3-11-4-7-20-10-11/h11-12H,1-10H2,(H,15,19)(H,17,18). The number of hydrogen-bond acceptors (Lipinski definition) is 3. The number of hydrogen-bond donors (Lipinski definition) is 2. The molecule has 2 rings (SSSR count). The number of aliphatic carboxylic acids is 1. The number of carboxylic acids is 1. The average Bonchev–Trinajstić information content (AvgIpc) is 2.91. The highest BCUT2D eigenvalue weighted by atomic mass is 16.5. The first kappa shape index (κ1) is 15.1. The van der Waals surface area contributed by atoms with E-state index in [1.165, 1.54) is 0 Å². The van der Waals surface area contributed by atoms with E-state index >= 15 is 0 Å². The summed E-state index contributed by atoms with van der Waals surface area (Å²) >= 11 is 0. The van der Waals surface area contributed by atoms with Crippen molar-refractivity contribution in [1.82, 2.24) is 10.2 Å². The Labute approximate surface area is 119 Å². The zero-order valence-electron chi connectivity index (χ0n) is 11.8. The van der Waals surface area contributed by atoms with E-state index in [0.717, 1.165) is 45.4 Å². The normalized spacial score (nSPS) is 26.5. The summed E-state index contributed by atoms with van der Waals surface area (Å²) in [4.78, 5) is 24.5. The molecule has 2 saturated heterocycles. The van der Waals surface area contributed by atoms with E-state index < -0.39 is 5.97 Å². The zero-order chi connectivity index (χ0) is 14.4. The van der Waals surface area contributed by atoms with Gasteiger partial charge in [-0.15, -0.1) is 0 Å². The van der Waals surface area contributed by atoms with Crippen LogP contribution >= 0.6 is 0 Å². The summed E-state index contributed by atoms with van der Waals surface area (Å²) in [6, 6.07) is -0.0565. The lowest BCUT2D eigenvalue weighted by atomic mass is 9.95. The monoisotopic (exact) mass is 284 g/mol. The molecule has 2 heterocycles. The summed E-state index contributed by atoms with van der Waals surface area (Å²) in [5.41, 5.74) is 0. The Morgan fingerprint density at radius 1 is 1.30 bits per heavy atom. The number of urea groups is 1. The van der Waals surface area contributed by atoms with E-state index in [0.29, 0.717) is 19.0 Å². The maximum Gasteiger partial charge on any atom is 0.317 e. The number of amides is 2. The summed E-state index contributed by atoms with van der Waals surface area (Å²) in [5.74, 6) is -0.120. The van der Waals surface area contributed by atoms with Gasteiger partial charge in [0.25, 0.3) is 0 Å². The van der Waals surface area contributed by atoms with E-state index in [1.54, 1.807) is 4.90 Å². The molecule has 0 aromatic rings. The molecule has 0 aliphatic carbocycles. The van der Waals surface area contributed by atoms with Crippen LogP contribution in [0.25, 0.3) is 0 Å². The van der Waals surface area contributed by atoms with Crippen LogP contribution in [0.15, 0.2) is 0 Å². The Hall–Kier alpha value is -1.30. The van der Waals surface area contributed by atoms with Crippen LogP contribution < -0.4 is 5.32 Å². The highest BCUT2D eigenvalue weighted by Crippen LogP contribution is 2.20. The fourth-order valence-corrected chi connectivity index (χ4v) is 2.97. The lowest BCUT2D eigenvalue weighted by Gasteiger charge is -2.32. The second kappa shape index (κ2) is 7.47. The molecule has 2 aliphatic rings. The quantitative estimate of drug-likeness (QED) is 0.798. The molecule has 2 amide bonds. The Balaban J connectivity index is 1.67. The van der Waals surface area contributed by atoms with Crippen LogP contribution in [-0.2, 0) is 9.53 Å². The van der Waals surface area contributed by atoms with Crippen LogP contribution in [0.5, 0.6) is 0 Å². The van der Waals surface area contributed by atoms with Crippen LogP contribution in [0, 0.1) is 11.8 Å². The Morgan fingerprint density at radius 3 is 2.85 bits per heavy atom. The van der Waals surface area contributed by atoms with Crippen molar-refractivity contribution in [2.24, 2.45) is 11.8 Å². The first-order chi connectivity index (χ1) is 9.65. The van der Waals surface area contributed by atoms with Crippen molar-refractivity contribution in [3.63, 3.8) is 0 Å². The third kappa shape index (κ3) is 4.67. The summed E-state index contributed by atoms with van der Waals surface area (Å²) in [5, 5.41) is 11.8. The molecule has 2 atom stereocenters. The van der Waals surface area contributed by atoms with Gasteiger partial charge in [0.15, 0.2) is 0 Å². The van der Waals surface area contributed by atoms with Crippen molar-refractivity contribution < 1.29 is 19.4 Å². The summed E-state index contributed by atoms with van der Waals surface area (Å²) in [6.07, 6.45) is 3.99. The van der Waals surface area contributed by atoms with E-state index in [9.17, 15) is 9.59 Å². The molecule has 6 heteroatoms. The number of nitrogens with zero attached hydrogens (tertiary/aromatic N) is 1. The van der Waals surface area contributed by atoms with Gasteiger partial charge >= 0.3 is 12.0 Å². The number of carboxylic acid groups (broad SMARTS) is 1. The Morgan fingerprint density at radius 2 is 2.15 bits per heavy atom. The number of piperidine rings is 1. The molecule has 0 saturated carbocycles. The third-order valence-corrected chi connectivity index (χ3v) is 4.12. The van der Waals surface area contributed by atoms with Crippen molar-refractivity contribution in [3.05, 3.63) is 0 Å². The Bertz CT molecular complexity index is 342. The average molecular weight is 284 g/mol. The second-order valence-electron chi connectivity index (χ2n) is 5.80. The summed E-state index contributed by atoms with van der Waals surface area (Å²) in [7, 11) is 0. The number of carbonyl (C=O) groups is 2. The van der Waals surface area contributed by atoms with E-state index in [4.69, 9.17) is 9.84 Å². The molecule has 0 spiro atoms. The molecule has 20 heavy (non-hydrogen) atoms. The van der Waals surface area contributed by atoms with Crippen LogP contribution in [0.3, 0.4) is 0 Å². The van der Waals surface area contributed by atoms with Gasteiger partial charge in [-0.1, -0.05) is 0 Å². The zero-order valence-corrected chi connectivity index (χ0v) is 11.8. The molecule has 2 fully saturated rings. The molecule has 2 N–H and O–H groups in total. The molecular formula is C14H24N2O4. The van der Waals surface area contributed by atoms with Crippen LogP contribution in [0.2, 0.25) is 0 Å². The molecule has 0 aromatic carbocycles. The minimum absolute atomic E-state index is 0.0565. The van der Waals surface area contributed by atoms with Gasteiger partial charge in [-0.2, -0.15) is 0 Å². The first-order valence-corrected chi connectivity index (χ1v) is 7.47. The van der Waals surface area contributed by atoms with E-state index in [1.807, 2.05) is 0 Å². The van der Waals surface area contributed by atoms with Crippen LogP contribution in [0.4, 0.5) is 4.79 Å². The van der Waals surface area contributed by atoms with E-state index in [-0.39, 0.29) is 18.4 Å². The molecule has 6 nitrogen and oxygen atoms in total.